The van der Waals surface area contributed by atoms with Crippen LogP contribution in [-0.2, 0) is 0 Å². The average Bonchev–Trinajstić information content (AvgIpc) is 2.84. The van der Waals surface area contributed by atoms with Crippen LogP contribution in [0.4, 0.5) is 0 Å². The molecule has 4 unspecified atom stereocenters. The Labute approximate surface area is 117 Å². The monoisotopic (exact) mass is 258 g/mol. The van der Waals surface area contributed by atoms with Crippen LogP contribution in [0.1, 0.15) is 43.4 Å². The molecule has 0 aromatic heterocycles. The quantitative estimate of drug-likeness (QED) is 0.883. The van der Waals surface area contributed by atoms with Crippen molar-refractivity contribution in [2.24, 2.45) is 17.6 Å². The number of nitrogens with zero attached hydrogens (tertiary/aromatic N) is 1. The number of fused-ring (bicyclic) bond motifs is 1. The standard InChI is InChI=1S/C17H26N2/c1-12-6-8-14(9-7-12)13(2)19-10-15-4-3-5-17(18)16(15)11-19/h6-9,13,15-17H,3-5,10-11,18H2,1-2H3. The minimum absolute atomic E-state index is 0.439. The third kappa shape index (κ3) is 2.56. The number of nitrogens with two attached hydrogens (primary N) is 1. The first-order valence-electron chi connectivity index (χ1n) is 7.71. The summed E-state index contributed by atoms with van der Waals surface area (Å²) in [4.78, 5) is 2.64. The lowest BCUT2D eigenvalue weighted by Gasteiger charge is -2.30. The van der Waals surface area contributed by atoms with E-state index in [4.69, 9.17) is 5.73 Å². The molecular weight excluding hydrogens is 232 g/mol. The molecule has 104 valence electrons. The van der Waals surface area contributed by atoms with Gasteiger partial charge in [0.2, 0.25) is 0 Å². The Hall–Kier alpha value is -0.860. The van der Waals surface area contributed by atoms with Gasteiger partial charge in [-0.15, -0.1) is 0 Å². The highest BCUT2D eigenvalue weighted by Crippen LogP contribution is 2.38. The first-order valence-corrected chi connectivity index (χ1v) is 7.71. The highest BCUT2D eigenvalue weighted by atomic mass is 15.2. The maximum atomic E-state index is 6.31. The second-order valence-corrected chi connectivity index (χ2v) is 6.56. The van der Waals surface area contributed by atoms with Crippen LogP contribution in [0.15, 0.2) is 24.3 Å². The molecule has 2 fully saturated rings. The van der Waals surface area contributed by atoms with Gasteiger partial charge in [-0.25, -0.2) is 0 Å². The summed E-state index contributed by atoms with van der Waals surface area (Å²) in [6, 6.07) is 9.97. The summed E-state index contributed by atoms with van der Waals surface area (Å²) >= 11 is 0. The van der Waals surface area contributed by atoms with Crippen molar-refractivity contribution >= 4 is 0 Å². The summed E-state index contributed by atoms with van der Waals surface area (Å²) < 4.78 is 0. The molecule has 1 saturated heterocycles. The molecule has 2 aliphatic rings. The van der Waals surface area contributed by atoms with Crippen LogP contribution < -0.4 is 5.73 Å². The number of aryl methyl sites for hydroxylation is 1. The fraction of sp³-hybridized carbons (Fsp3) is 0.647. The van der Waals surface area contributed by atoms with E-state index in [0.717, 1.165) is 11.8 Å². The van der Waals surface area contributed by atoms with Gasteiger partial charge in [-0.3, -0.25) is 4.90 Å². The summed E-state index contributed by atoms with van der Waals surface area (Å²) in [5, 5.41) is 0. The molecule has 1 saturated carbocycles. The predicted octanol–water partition coefficient (Wildman–Crippen LogP) is 3.12. The summed E-state index contributed by atoms with van der Waals surface area (Å²) in [6.07, 6.45) is 3.94. The molecule has 2 nitrogen and oxygen atoms in total. The molecule has 1 heterocycles. The van der Waals surface area contributed by atoms with Gasteiger partial charge in [0.1, 0.15) is 0 Å². The van der Waals surface area contributed by atoms with E-state index >= 15 is 0 Å². The van der Waals surface area contributed by atoms with Crippen LogP contribution in [0.2, 0.25) is 0 Å². The number of hydrogen-bond donors (Lipinski definition) is 1. The second kappa shape index (κ2) is 5.26. The van der Waals surface area contributed by atoms with Crippen LogP contribution in [0.5, 0.6) is 0 Å². The van der Waals surface area contributed by atoms with Gasteiger partial charge in [0.25, 0.3) is 0 Å². The Morgan fingerprint density at radius 1 is 1.16 bits per heavy atom. The van der Waals surface area contributed by atoms with Crippen molar-refractivity contribution in [3.8, 4) is 0 Å². The van der Waals surface area contributed by atoms with E-state index in [1.54, 1.807) is 0 Å². The normalized spacial score (nSPS) is 33.1. The fourth-order valence-electron chi connectivity index (χ4n) is 3.92. The van der Waals surface area contributed by atoms with Crippen molar-refractivity contribution in [1.82, 2.24) is 4.90 Å². The van der Waals surface area contributed by atoms with E-state index < -0.39 is 0 Å². The van der Waals surface area contributed by atoms with Crippen molar-refractivity contribution in [3.05, 3.63) is 35.4 Å². The molecule has 0 radical (unpaired) electrons. The molecule has 4 atom stereocenters. The minimum atomic E-state index is 0.439. The summed E-state index contributed by atoms with van der Waals surface area (Å²) in [7, 11) is 0. The predicted molar refractivity (Wildman–Crippen MR) is 80.0 cm³/mol. The Morgan fingerprint density at radius 3 is 2.58 bits per heavy atom. The third-order valence-corrected chi connectivity index (χ3v) is 5.29. The highest BCUT2D eigenvalue weighted by Gasteiger charge is 2.40. The lowest BCUT2D eigenvalue weighted by molar-refractivity contribution is 0.245. The first kappa shape index (κ1) is 13.1. The number of hydrogen-bond acceptors (Lipinski definition) is 2. The molecule has 2 N–H and O–H groups in total. The fourth-order valence-corrected chi connectivity index (χ4v) is 3.92. The molecule has 3 rings (SSSR count). The Balaban J connectivity index is 1.71. The number of likely N-dealkylation sites (tertiary alicyclic amines) is 1. The smallest absolute Gasteiger partial charge is 0.0320 e. The first-order chi connectivity index (χ1) is 9.15. The summed E-state index contributed by atoms with van der Waals surface area (Å²) in [5.74, 6) is 1.58. The Kier molecular flexibility index (Phi) is 3.64. The van der Waals surface area contributed by atoms with Crippen LogP contribution in [0.3, 0.4) is 0 Å². The van der Waals surface area contributed by atoms with E-state index in [1.807, 2.05) is 0 Å². The van der Waals surface area contributed by atoms with E-state index in [0.29, 0.717) is 12.1 Å². The van der Waals surface area contributed by atoms with E-state index in [2.05, 4.69) is 43.0 Å². The lowest BCUT2D eigenvalue weighted by Crippen LogP contribution is -2.38. The van der Waals surface area contributed by atoms with Gasteiger partial charge in [0.05, 0.1) is 0 Å². The molecule has 1 aliphatic carbocycles. The maximum Gasteiger partial charge on any atom is 0.0320 e. The second-order valence-electron chi connectivity index (χ2n) is 6.56. The Morgan fingerprint density at radius 2 is 1.89 bits per heavy atom. The minimum Gasteiger partial charge on any atom is -0.327 e. The van der Waals surface area contributed by atoms with Gasteiger partial charge in [0, 0.05) is 25.2 Å². The van der Waals surface area contributed by atoms with Crippen LogP contribution >= 0.6 is 0 Å². The van der Waals surface area contributed by atoms with E-state index in [9.17, 15) is 0 Å². The zero-order valence-electron chi connectivity index (χ0n) is 12.2. The largest absolute Gasteiger partial charge is 0.327 e. The van der Waals surface area contributed by atoms with Gasteiger partial charge in [-0.1, -0.05) is 36.2 Å². The van der Waals surface area contributed by atoms with Gasteiger partial charge >= 0.3 is 0 Å². The van der Waals surface area contributed by atoms with Crippen molar-refractivity contribution in [2.75, 3.05) is 13.1 Å². The molecular formula is C17H26N2. The zero-order valence-corrected chi connectivity index (χ0v) is 12.2. The van der Waals surface area contributed by atoms with Gasteiger partial charge < -0.3 is 5.73 Å². The van der Waals surface area contributed by atoms with Crippen LogP contribution in [-0.4, -0.2) is 24.0 Å². The average molecular weight is 258 g/mol. The summed E-state index contributed by atoms with van der Waals surface area (Å²) in [5.41, 5.74) is 9.10. The molecule has 0 spiro atoms. The number of rotatable bonds is 2. The molecule has 19 heavy (non-hydrogen) atoms. The van der Waals surface area contributed by atoms with Crippen LogP contribution in [0.25, 0.3) is 0 Å². The molecule has 1 aliphatic heterocycles. The molecule has 0 bridgehead atoms. The van der Waals surface area contributed by atoms with Gasteiger partial charge in [0.15, 0.2) is 0 Å². The topological polar surface area (TPSA) is 29.3 Å². The third-order valence-electron chi connectivity index (χ3n) is 5.29. The molecule has 0 amide bonds. The van der Waals surface area contributed by atoms with Crippen molar-refractivity contribution in [3.63, 3.8) is 0 Å². The lowest BCUT2D eigenvalue weighted by atomic mass is 9.78. The maximum absolute atomic E-state index is 6.31. The highest BCUT2D eigenvalue weighted by molar-refractivity contribution is 5.24. The van der Waals surface area contributed by atoms with Gasteiger partial charge in [-0.05, 0) is 44.1 Å². The Bertz CT molecular complexity index is 425. The number of benzene rings is 1. The van der Waals surface area contributed by atoms with E-state index in [-0.39, 0.29) is 0 Å². The molecule has 1 aromatic rings. The van der Waals surface area contributed by atoms with Crippen molar-refractivity contribution in [1.29, 1.82) is 0 Å². The van der Waals surface area contributed by atoms with Crippen molar-refractivity contribution in [2.45, 2.75) is 45.2 Å². The molecule has 1 aromatic carbocycles. The summed E-state index contributed by atoms with van der Waals surface area (Å²) in [6.45, 7) is 6.93. The SMILES string of the molecule is Cc1ccc(C(C)N2CC3CCCC(N)C3C2)cc1. The van der Waals surface area contributed by atoms with Crippen molar-refractivity contribution < 1.29 is 0 Å². The van der Waals surface area contributed by atoms with Crippen LogP contribution in [0, 0.1) is 18.8 Å². The van der Waals surface area contributed by atoms with Gasteiger partial charge in [-0.2, -0.15) is 0 Å². The zero-order chi connectivity index (χ0) is 13.4. The molecule has 2 heteroatoms. The van der Waals surface area contributed by atoms with E-state index in [1.165, 1.54) is 43.5 Å².